The minimum Gasteiger partial charge on any atom is -0.395 e. The number of amides is 1. The lowest BCUT2D eigenvalue weighted by Gasteiger charge is -2.14. The summed E-state index contributed by atoms with van der Waals surface area (Å²) in [5.74, 6) is -0.254. The van der Waals surface area contributed by atoms with Crippen LogP contribution in [0.15, 0.2) is 48.5 Å². The predicted octanol–water partition coefficient (Wildman–Crippen LogP) is 3.11. The quantitative estimate of drug-likeness (QED) is 0.464. The average molecular weight is 352 g/mol. The number of benzene rings is 2. The minimum absolute atomic E-state index is 0.0526. The van der Waals surface area contributed by atoms with Crippen LogP contribution in [0.5, 0.6) is 11.5 Å². The van der Waals surface area contributed by atoms with Crippen molar-refractivity contribution in [2.24, 2.45) is 0 Å². The van der Waals surface area contributed by atoms with Crippen LogP contribution in [0.25, 0.3) is 0 Å². The molecule has 9 nitrogen and oxygen atoms in total. The summed E-state index contributed by atoms with van der Waals surface area (Å²) in [6, 6.07) is 10.4. The van der Waals surface area contributed by atoms with Crippen LogP contribution in [0.1, 0.15) is 6.92 Å². The van der Waals surface area contributed by atoms with Gasteiger partial charge in [-0.3, -0.25) is 19.8 Å². The van der Waals surface area contributed by atoms with Gasteiger partial charge in [-0.2, -0.15) is 0 Å². The van der Waals surface area contributed by atoms with Crippen LogP contribution in [0.4, 0.5) is 11.4 Å². The van der Waals surface area contributed by atoms with Gasteiger partial charge < -0.3 is 14.4 Å². The molecule has 0 radical (unpaired) electrons. The molecule has 0 aliphatic rings. The molecule has 10 heteroatoms. The van der Waals surface area contributed by atoms with Crippen LogP contribution >= 0.6 is 7.82 Å². The maximum atomic E-state index is 11.9. The highest BCUT2D eigenvalue weighted by Crippen LogP contribution is 2.44. The molecule has 2 aromatic rings. The van der Waals surface area contributed by atoms with E-state index in [1.165, 1.54) is 43.3 Å². The monoisotopic (exact) mass is 352 g/mol. The summed E-state index contributed by atoms with van der Waals surface area (Å²) in [4.78, 5) is 30.6. The van der Waals surface area contributed by atoms with Crippen molar-refractivity contribution in [2.75, 3.05) is 5.32 Å². The highest BCUT2D eigenvalue weighted by Gasteiger charge is 2.25. The molecule has 0 saturated heterocycles. The first kappa shape index (κ1) is 17.5. The molecule has 2 aromatic carbocycles. The van der Waals surface area contributed by atoms with Gasteiger partial charge >= 0.3 is 7.82 Å². The molecule has 0 fully saturated rings. The summed E-state index contributed by atoms with van der Waals surface area (Å²) >= 11 is 0. The van der Waals surface area contributed by atoms with Gasteiger partial charge in [0.1, 0.15) is 11.5 Å². The first-order valence-corrected chi connectivity index (χ1v) is 8.09. The Labute approximate surface area is 136 Å². The van der Waals surface area contributed by atoms with E-state index in [1.54, 1.807) is 0 Å². The maximum absolute atomic E-state index is 11.9. The van der Waals surface area contributed by atoms with Crippen molar-refractivity contribution < 1.29 is 28.2 Å². The van der Waals surface area contributed by atoms with E-state index in [0.29, 0.717) is 5.69 Å². The first-order valence-electron chi connectivity index (χ1n) is 6.59. The van der Waals surface area contributed by atoms with E-state index in [2.05, 4.69) is 5.32 Å². The third-order valence-corrected chi connectivity index (χ3v) is 3.55. The lowest BCUT2D eigenvalue weighted by atomic mass is 10.3. The fraction of sp³-hybridized carbons (Fsp3) is 0.0714. The highest BCUT2D eigenvalue weighted by atomic mass is 31.2. The molecule has 0 aliphatic heterocycles. The Kier molecular flexibility index (Phi) is 5.18. The molecular weight excluding hydrogens is 339 g/mol. The van der Waals surface area contributed by atoms with Gasteiger partial charge in [-0.05, 0) is 36.4 Å². The number of anilines is 1. The fourth-order valence-corrected chi connectivity index (χ4v) is 2.53. The average Bonchev–Trinajstić information content (AvgIpc) is 2.48. The summed E-state index contributed by atoms with van der Waals surface area (Å²) in [7, 11) is -4.48. The molecule has 2 rings (SSSR count). The zero-order chi connectivity index (χ0) is 17.7. The molecular formula is C14H13N2O7P. The van der Waals surface area contributed by atoms with E-state index >= 15 is 0 Å². The van der Waals surface area contributed by atoms with Gasteiger partial charge in [0.05, 0.1) is 4.92 Å². The molecule has 0 aromatic heterocycles. The number of nitro benzene ring substituents is 1. The van der Waals surface area contributed by atoms with E-state index in [1.807, 2.05) is 0 Å². The van der Waals surface area contributed by atoms with Crippen LogP contribution < -0.4 is 14.4 Å². The Bertz CT molecular complexity index is 790. The molecule has 0 heterocycles. The molecule has 2 N–H and O–H groups in total. The number of carbonyl (C=O) groups is 1. The third-order valence-electron chi connectivity index (χ3n) is 2.66. The summed E-state index contributed by atoms with van der Waals surface area (Å²) in [5, 5.41) is 13.1. The van der Waals surface area contributed by atoms with Crippen molar-refractivity contribution in [1.29, 1.82) is 0 Å². The molecule has 0 spiro atoms. The Morgan fingerprint density at radius 2 is 1.54 bits per heavy atom. The zero-order valence-corrected chi connectivity index (χ0v) is 13.3. The van der Waals surface area contributed by atoms with E-state index < -0.39 is 12.7 Å². The van der Waals surface area contributed by atoms with Gasteiger partial charge in [0.2, 0.25) is 5.91 Å². The van der Waals surface area contributed by atoms with Crippen LogP contribution in [0.3, 0.4) is 0 Å². The van der Waals surface area contributed by atoms with Crippen LogP contribution in [-0.4, -0.2) is 15.7 Å². The van der Waals surface area contributed by atoms with Gasteiger partial charge in [0.25, 0.3) is 5.69 Å². The molecule has 0 aliphatic carbocycles. The second-order valence-electron chi connectivity index (χ2n) is 4.61. The minimum atomic E-state index is -4.48. The van der Waals surface area contributed by atoms with Crippen molar-refractivity contribution >= 4 is 25.1 Å². The Morgan fingerprint density at radius 1 is 1.08 bits per heavy atom. The third kappa shape index (κ3) is 5.08. The second-order valence-corrected chi connectivity index (χ2v) is 5.91. The number of phosphoric ester groups is 1. The Balaban J connectivity index is 2.03. The summed E-state index contributed by atoms with van der Waals surface area (Å²) < 4.78 is 21.7. The topological polar surface area (TPSA) is 128 Å². The summed E-state index contributed by atoms with van der Waals surface area (Å²) in [6.07, 6.45) is 0. The number of nitrogens with one attached hydrogen (secondary N) is 1. The molecule has 0 saturated carbocycles. The van der Waals surface area contributed by atoms with Crippen LogP contribution in [-0.2, 0) is 9.36 Å². The SMILES string of the molecule is CC(=O)Nc1ccc(OP(=O)(O)Oc2ccc([N+](=O)[O-])cc2)cc1. The second kappa shape index (κ2) is 7.12. The van der Waals surface area contributed by atoms with Gasteiger partial charge in [-0.25, -0.2) is 4.57 Å². The van der Waals surface area contributed by atoms with Crippen molar-refractivity contribution in [2.45, 2.75) is 6.92 Å². The number of nitro groups is 1. The molecule has 0 bridgehead atoms. The Hall–Kier alpha value is -2.90. The summed E-state index contributed by atoms with van der Waals surface area (Å²) in [6.45, 7) is 1.35. The lowest BCUT2D eigenvalue weighted by molar-refractivity contribution is -0.384. The fourth-order valence-electron chi connectivity index (χ4n) is 1.72. The normalized spacial score (nSPS) is 12.8. The molecule has 1 amide bonds. The van der Waals surface area contributed by atoms with Crippen molar-refractivity contribution in [1.82, 2.24) is 0 Å². The first-order chi connectivity index (χ1) is 11.2. The summed E-state index contributed by atoms with van der Waals surface area (Å²) in [5.41, 5.74) is 0.323. The van der Waals surface area contributed by atoms with Crippen LogP contribution in [0, 0.1) is 10.1 Å². The van der Waals surface area contributed by atoms with E-state index in [-0.39, 0.29) is 23.1 Å². The van der Waals surface area contributed by atoms with Crippen molar-refractivity contribution in [3.05, 3.63) is 58.6 Å². The number of hydrogen-bond acceptors (Lipinski definition) is 6. The van der Waals surface area contributed by atoms with E-state index in [4.69, 9.17) is 9.05 Å². The number of nitrogens with zero attached hydrogens (tertiary/aromatic N) is 1. The van der Waals surface area contributed by atoms with Gasteiger partial charge in [0, 0.05) is 24.7 Å². The maximum Gasteiger partial charge on any atom is 0.584 e. The zero-order valence-electron chi connectivity index (χ0n) is 12.4. The van der Waals surface area contributed by atoms with Crippen molar-refractivity contribution in [3.63, 3.8) is 0 Å². The standard InChI is InChI=1S/C14H13N2O7P/c1-10(17)15-11-2-6-13(7-3-11)22-24(20,21)23-14-8-4-12(5-9-14)16(18)19/h2-9H,1H3,(H,15,17)(H,20,21). The molecule has 1 atom stereocenters. The van der Waals surface area contributed by atoms with Gasteiger partial charge in [-0.15, -0.1) is 0 Å². The largest absolute Gasteiger partial charge is 0.584 e. The number of phosphoric acid groups is 1. The number of hydrogen-bond donors (Lipinski definition) is 2. The van der Waals surface area contributed by atoms with Crippen LogP contribution in [0.2, 0.25) is 0 Å². The van der Waals surface area contributed by atoms with Gasteiger partial charge in [0.15, 0.2) is 0 Å². The molecule has 24 heavy (non-hydrogen) atoms. The van der Waals surface area contributed by atoms with E-state index in [0.717, 1.165) is 12.1 Å². The number of carbonyl (C=O) groups excluding carboxylic acids is 1. The smallest absolute Gasteiger partial charge is 0.395 e. The van der Waals surface area contributed by atoms with Gasteiger partial charge in [-0.1, -0.05) is 0 Å². The molecule has 1 unspecified atom stereocenters. The number of rotatable bonds is 6. The lowest BCUT2D eigenvalue weighted by Crippen LogP contribution is -2.05. The molecule has 126 valence electrons. The van der Waals surface area contributed by atoms with E-state index in [9.17, 15) is 24.4 Å². The number of non-ortho nitro benzene ring substituents is 1. The van der Waals surface area contributed by atoms with Crippen molar-refractivity contribution in [3.8, 4) is 11.5 Å². The highest BCUT2D eigenvalue weighted by molar-refractivity contribution is 7.48. The predicted molar refractivity (Wildman–Crippen MR) is 84.9 cm³/mol. The Morgan fingerprint density at radius 3 is 1.96 bits per heavy atom.